The molecule has 1 amide bonds. The molecule has 180 valence electrons. The summed E-state index contributed by atoms with van der Waals surface area (Å²) in [4.78, 5) is 21.0. The van der Waals surface area contributed by atoms with Gasteiger partial charge in [-0.05, 0) is 59.2 Å². The van der Waals surface area contributed by atoms with Gasteiger partial charge in [-0.2, -0.15) is 13.2 Å². The van der Waals surface area contributed by atoms with Gasteiger partial charge in [-0.1, -0.05) is 41.9 Å². The fourth-order valence-corrected chi connectivity index (χ4v) is 4.19. The second kappa shape index (κ2) is 9.47. The number of amides is 1. The van der Waals surface area contributed by atoms with Crippen molar-refractivity contribution in [3.8, 4) is 16.8 Å². The Kier molecular flexibility index (Phi) is 6.20. The molecule has 3 aromatic carbocycles. The third kappa shape index (κ3) is 4.94. The number of alkyl halides is 3. The molecule has 0 bridgehead atoms. The van der Waals surface area contributed by atoms with Crippen LogP contribution in [0.15, 0.2) is 91.5 Å². The minimum atomic E-state index is -4.61. The molecule has 0 aliphatic carbocycles. The zero-order valence-electron chi connectivity index (χ0n) is 18.6. The van der Waals surface area contributed by atoms with E-state index in [9.17, 15) is 18.0 Å². The topological polar surface area (TPSA) is 59.8 Å². The lowest BCUT2D eigenvalue weighted by Gasteiger charge is -2.15. The van der Waals surface area contributed by atoms with Gasteiger partial charge in [0, 0.05) is 22.6 Å². The van der Waals surface area contributed by atoms with Crippen molar-refractivity contribution in [2.75, 3.05) is 5.32 Å². The average Bonchev–Trinajstić information content (AvgIpc) is 3.28. The van der Waals surface area contributed by atoms with Gasteiger partial charge in [-0.3, -0.25) is 14.3 Å². The summed E-state index contributed by atoms with van der Waals surface area (Å²) in [6.45, 7) is 0. The van der Waals surface area contributed by atoms with Crippen molar-refractivity contribution < 1.29 is 18.0 Å². The van der Waals surface area contributed by atoms with E-state index in [0.29, 0.717) is 16.1 Å². The number of fused-ring (bicyclic) bond motifs is 1. The van der Waals surface area contributed by atoms with E-state index in [-0.39, 0.29) is 17.7 Å². The molecule has 0 saturated heterocycles. The van der Waals surface area contributed by atoms with Crippen molar-refractivity contribution in [3.63, 3.8) is 0 Å². The fraction of sp³-hybridized carbons (Fsp3) is 0.0741. The average molecular weight is 507 g/mol. The molecule has 0 unspecified atom stereocenters. The van der Waals surface area contributed by atoms with E-state index in [2.05, 4.69) is 15.3 Å². The van der Waals surface area contributed by atoms with Crippen molar-refractivity contribution >= 4 is 34.2 Å². The number of nitrogens with one attached hydrogen (secondary N) is 1. The first-order chi connectivity index (χ1) is 17.3. The first-order valence-corrected chi connectivity index (χ1v) is 11.3. The SMILES string of the molecule is O=C(Cc1ccc(-n2cnc3cnccc32)cc1)Nc1ccc(-c2cccc(Cl)c2)c(C(F)(F)F)c1. The van der Waals surface area contributed by atoms with Crippen molar-refractivity contribution in [3.05, 3.63) is 108 Å². The minimum absolute atomic E-state index is 0.00622. The molecule has 0 saturated carbocycles. The van der Waals surface area contributed by atoms with E-state index < -0.39 is 17.6 Å². The highest BCUT2D eigenvalue weighted by atomic mass is 35.5. The van der Waals surface area contributed by atoms with Crippen molar-refractivity contribution in [1.82, 2.24) is 14.5 Å². The zero-order valence-corrected chi connectivity index (χ0v) is 19.4. The molecular weight excluding hydrogens is 489 g/mol. The third-order valence-corrected chi connectivity index (χ3v) is 5.91. The van der Waals surface area contributed by atoms with Gasteiger partial charge in [0.1, 0.15) is 11.8 Å². The molecular formula is C27H18ClF3N4O. The van der Waals surface area contributed by atoms with Crippen molar-refractivity contribution in [2.24, 2.45) is 0 Å². The van der Waals surface area contributed by atoms with Gasteiger partial charge in [0.05, 0.1) is 23.7 Å². The number of hydrogen-bond donors (Lipinski definition) is 1. The Balaban J connectivity index is 1.33. The van der Waals surface area contributed by atoms with Crippen LogP contribution in [0.5, 0.6) is 0 Å². The van der Waals surface area contributed by atoms with E-state index in [1.807, 2.05) is 22.8 Å². The first kappa shape index (κ1) is 23.6. The van der Waals surface area contributed by atoms with Crippen LogP contribution in [-0.2, 0) is 17.4 Å². The number of halogens is 4. The maximum atomic E-state index is 13.8. The van der Waals surface area contributed by atoms with Crippen LogP contribution in [0.3, 0.4) is 0 Å². The smallest absolute Gasteiger partial charge is 0.326 e. The summed E-state index contributed by atoms with van der Waals surface area (Å²) in [5.74, 6) is -0.425. The summed E-state index contributed by atoms with van der Waals surface area (Å²) in [5.41, 5.74) is 2.78. The van der Waals surface area contributed by atoms with Crippen LogP contribution in [0.1, 0.15) is 11.1 Å². The Bertz CT molecular complexity index is 1560. The van der Waals surface area contributed by atoms with Gasteiger partial charge in [0.15, 0.2) is 0 Å². The van der Waals surface area contributed by atoms with Gasteiger partial charge in [-0.25, -0.2) is 4.98 Å². The molecule has 5 rings (SSSR count). The molecule has 0 radical (unpaired) electrons. The van der Waals surface area contributed by atoms with E-state index in [4.69, 9.17) is 11.6 Å². The van der Waals surface area contributed by atoms with Gasteiger partial charge >= 0.3 is 6.18 Å². The number of hydrogen-bond acceptors (Lipinski definition) is 3. The van der Waals surface area contributed by atoms with Crippen LogP contribution in [0.25, 0.3) is 27.8 Å². The standard InChI is InChI=1S/C27H18ClF3N4O/c28-19-3-1-2-18(13-19)22-9-6-20(14-23(22)27(29,30)31)34-26(36)12-17-4-7-21(8-5-17)35-16-33-24-15-32-11-10-25(24)35/h1-11,13-16H,12H2,(H,34,36). The van der Waals surface area contributed by atoms with Gasteiger partial charge < -0.3 is 5.32 Å². The summed E-state index contributed by atoms with van der Waals surface area (Å²) in [6, 6.07) is 19.1. The Morgan fingerprint density at radius 3 is 2.56 bits per heavy atom. The number of nitrogens with zero attached hydrogens (tertiary/aromatic N) is 3. The highest BCUT2D eigenvalue weighted by Crippen LogP contribution is 2.39. The van der Waals surface area contributed by atoms with Crippen molar-refractivity contribution in [1.29, 1.82) is 0 Å². The molecule has 0 aliphatic heterocycles. The molecule has 5 aromatic rings. The van der Waals surface area contributed by atoms with E-state index in [1.54, 1.807) is 49.1 Å². The van der Waals surface area contributed by atoms with E-state index in [1.165, 1.54) is 18.2 Å². The zero-order chi connectivity index (χ0) is 25.3. The Morgan fingerprint density at radius 1 is 1.00 bits per heavy atom. The summed E-state index contributed by atoms with van der Waals surface area (Å²) >= 11 is 5.96. The summed E-state index contributed by atoms with van der Waals surface area (Å²) in [5, 5.41) is 2.91. The highest BCUT2D eigenvalue weighted by Gasteiger charge is 2.34. The molecule has 1 N–H and O–H groups in total. The maximum absolute atomic E-state index is 13.8. The van der Waals surface area contributed by atoms with E-state index >= 15 is 0 Å². The second-order valence-corrected chi connectivity index (χ2v) is 8.58. The Morgan fingerprint density at radius 2 is 1.81 bits per heavy atom. The van der Waals surface area contributed by atoms with Crippen molar-refractivity contribution in [2.45, 2.75) is 12.6 Å². The number of imidazole rings is 1. The summed E-state index contributed by atoms with van der Waals surface area (Å²) in [7, 11) is 0. The van der Waals surface area contributed by atoms with E-state index in [0.717, 1.165) is 22.8 Å². The minimum Gasteiger partial charge on any atom is -0.326 e. The second-order valence-electron chi connectivity index (χ2n) is 8.14. The molecule has 0 spiro atoms. The Hall–Kier alpha value is -4.17. The Labute approximate surface area is 209 Å². The number of pyridine rings is 1. The molecule has 0 atom stereocenters. The molecule has 5 nitrogen and oxygen atoms in total. The number of carbonyl (C=O) groups is 1. The lowest BCUT2D eigenvalue weighted by atomic mass is 9.98. The maximum Gasteiger partial charge on any atom is 0.417 e. The molecule has 2 heterocycles. The molecule has 0 aliphatic rings. The molecule has 0 fully saturated rings. The molecule has 2 aromatic heterocycles. The number of carbonyl (C=O) groups excluding carboxylic acids is 1. The normalized spacial score (nSPS) is 11.6. The third-order valence-electron chi connectivity index (χ3n) is 5.67. The van der Waals surface area contributed by atoms with Crippen LogP contribution >= 0.6 is 11.6 Å². The predicted octanol–water partition coefficient (Wildman–Crippen LogP) is 6.94. The first-order valence-electron chi connectivity index (χ1n) is 10.9. The number of anilines is 1. The lowest BCUT2D eigenvalue weighted by Crippen LogP contribution is -2.15. The predicted molar refractivity (Wildman–Crippen MR) is 133 cm³/mol. The number of rotatable bonds is 5. The van der Waals surface area contributed by atoms with Gasteiger partial charge in [-0.15, -0.1) is 0 Å². The van der Waals surface area contributed by atoms with Gasteiger partial charge in [0.25, 0.3) is 0 Å². The van der Waals surface area contributed by atoms with Crippen LogP contribution in [0, 0.1) is 0 Å². The summed E-state index contributed by atoms with van der Waals surface area (Å²) in [6.07, 6.45) is 0.453. The number of benzene rings is 3. The van der Waals surface area contributed by atoms with Gasteiger partial charge in [0.2, 0.25) is 5.91 Å². The van der Waals surface area contributed by atoms with Crippen LogP contribution in [0.2, 0.25) is 5.02 Å². The molecule has 36 heavy (non-hydrogen) atoms. The largest absolute Gasteiger partial charge is 0.417 e. The fourth-order valence-electron chi connectivity index (χ4n) is 4.00. The van der Waals surface area contributed by atoms with Crippen LogP contribution < -0.4 is 5.32 Å². The summed E-state index contributed by atoms with van der Waals surface area (Å²) < 4.78 is 43.3. The monoisotopic (exact) mass is 506 g/mol. The number of aromatic nitrogens is 3. The van der Waals surface area contributed by atoms with Crippen LogP contribution in [0.4, 0.5) is 18.9 Å². The molecule has 9 heteroatoms. The van der Waals surface area contributed by atoms with Crippen LogP contribution in [-0.4, -0.2) is 20.4 Å². The highest BCUT2D eigenvalue weighted by molar-refractivity contribution is 6.30. The quantitative estimate of drug-likeness (QED) is 0.281. The lowest BCUT2D eigenvalue weighted by molar-refractivity contribution is -0.137.